The minimum absolute atomic E-state index is 0.128. The maximum Gasteiger partial charge on any atom is 0.243 e. The van der Waals surface area contributed by atoms with Crippen molar-refractivity contribution in [1.82, 2.24) is 4.90 Å². The van der Waals surface area contributed by atoms with Crippen molar-refractivity contribution in [3.05, 3.63) is 54.3 Å². The van der Waals surface area contributed by atoms with Crippen LogP contribution in [-0.4, -0.2) is 48.5 Å². The highest BCUT2D eigenvalue weighted by molar-refractivity contribution is 8.00. The zero-order valence-corrected chi connectivity index (χ0v) is 15.5. The highest BCUT2D eigenvalue weighted by atomic mass is 32.2. The summed E-state index contributed by atoms with van der Waals surface area (Å²) in [6.45, 7) is -0.300. The SMILES string of the molecule is CN(CC(=O)Nc1ccc(F)cc1)C(=O)CN1C(=O)CSc2ccccc21. The molecule has 27 heavy (non-hydrogen) atoms. The maximum atomic E-state index is 12.9. The first-order valence-corrected chi connectivity index (χ1v) is 9.24. The van der Waals surface area contributed by atoms with Crippen LogP contribution >= 0.6 is 11.8 Å². The first-order chi connectivity index (χ1) is 12.9. The third-order valence-corrected chi connectivity index (χ3v) is 5.08. The van der Waals surface area contributed by atoms with Gasteiger partial charge in [0, 0.05) is 17.6 Å². The van der Waals surface area contributed by atoms with Gasteiger partial charge in [0.2, 0.25) is 17.7 Å². The Balaban J connectivity index is 1.60. The summed E-state index contributed by atoms with van der Waals surface area (Å²) >= 11 is 1.44. The summed E-state index contributed by atoms with van der Waals surface area (Å²) in [6, 6.07) is 12.8. The van der Waals surface area contributed by atoms with Crippen molar-refractivity contribution in [1.29, 1.82) is 0 Å². The molecule has 6 nitrogen and oxygen atoms in total. The number of halogens is 1. The van der Waals surface area contributed by atoms with E-state index in [1.54, 1.807) is 6.07 Å². The van der Waals surface area contributed by atoms with Crippen LogP contribution in [0.25, 0.3) is 0 Å². The zero-order chi connectivity index (χ0) is 19.4. The lowest BCUT2D eigenvalue weighted by molar-refractivity contribution is -0.133. The Hall–Kier alpha value is -2.87. The lowest BCUT2D eigenvalue weighted by Gasteiger charge is -2.29. The van der Waals surface area contributed by atoms with Crippen LogP contribution in [-0.2, 0) is 14.4 Å². The van der Waals surface area contributed by atoms with Gasteiger partial charge >= 0.3 is 0 Å². The van der Waals surface area contributed by atoms with Gasteiger partial charge in [0.1, 0.15) is 12.4 Å². The van der Waals surface area contributed by atoms with Crippen molar-refractivity contribution >= 4 is 40.9 Å². The van der Waals surface area contributed by atoms with Gasteiger partial charge in [-0.25, -0.2) is 4.39 Å². The number of nitrogens with zero attached hydrogens (tertiary/aromatic N) is 2. The van der Waals surface area contributed by atoms with E-state index in [1.165, 1.54) is 52.9 Å². The molecule has 3 amide bonds. The smallest absolute Gasteiger partial charge is 0.243 e. The summed E-state index contributed by atoms with van der Waals surface area (Å²) in [5.74, 6) is -1.02. The molecular formula is C19H18FN3O3S. The number of rotatable bonds is 5. The molecule has 1 N–H and O–H groups in total. The summed E-state index contributed by atoms with van der Waals surface area (Å²) in [5, 5.41) is 2.60. The molecule has 2 aromatic rings. The minimum atomic E-state index is -0.404. The van der Waals surface area contributed by atoms with Crippen molar-refractivity contribution in [2.24, 2.45) is 0 Å². The predicted molar refractivity (Wildman–Crippen MR) is 102 cm³/mol. The molecule has 0 fully saturated rings. The van der Waals surface area contributed by atoms with Crippen molar-refractivity contribution in [2.45, 2.75) is 4.90 Å². The van der Waals surface area contributed by atoms with E-state index in [4.69, 9.17) is 0 Å². The second kappa shape index (κ2) is 8.22. The molecule has 1 aliphatic rings. The summed E-state index contributed by atoms with van der Waals surface area (Å²) in [6.07, 6.45) is 0. The number of nitrogens with one attached hydrogen (secondary N) is 1. The van der Waals surface area contributed by atoms with Crippen LogP contribution in [0, 0.1) is 5.82 Å². The van der Waals surface area contributed by atoms with Crippen LogP contribution in [0.15, 0.2) is 53.4 Å². The summed E-state index contributed by atoms with van der Waals surface area (Å²) in [5.41, 5.74) is 1.15. The summed E-state index contributed by atoms with van der Waals surface area (Å²) in [7, 11) is 1.50. The van der Waals surface area contributed by atoms with Gasteiger partial charge in [0.25, 0.3) is 0 Å². The Morgan fingerprint density at radius 3 is 2.63 bits per heavy atom. The molecule has 0 bridgehead atoms. The molecule has 0 spiro atoms. The van der Waals surface area contributed by atoms with E-state index in [0.717, 1.165) is 4.90 Å². The predicted octanol–water partition coefficient (Wildman–Crippen LogP) is 2.36. The second-order valence-electron chi connectivity index (χ2n) is 6.04. The number of anilines is 2. The molecule has 0 aliphatic carbocycles. The van der Waals surface area contributed by atoms with E-state index in [0.29, 0.717) is 11.4 Å². The van der Waals surface area contributed by atoms with E-state index in [1.807, 2.05) is 18.2 Å². The van der Waals surface area contributed by atoms with Gasteiger partial charge in [0.05, 0.1) is 18.0 Å². The monoisotopic (exact) mass is 387 g/mol. The lowest BCUT2D eigenvalue weighted by Crippen LogP contribution is -2.45. The fourth-order valence-electron chi connectivity index (χ4n) is 2.62. The Labute approximate surface area is 160 Å². The van der Waals surface area contributed by atoms with Gasteiger partial charge in [-0.05, 0) is 36.4 Å². The standard InChI is InChI=1S/C19H18FN3O3S/c1-22(10-17(24)21-14-8-6-13(20)7-9-14)18(25)11-23-15-4-2-3-5-16(15)27-12-19(23)26/h2-9H,10-12H2,1H3,(H,21,24). The van der Waals surface area contributed by atoms with E-state index in [-0.39, 0.29) is 30.7 Å². The molecule has 1 heterocycles. The number of carbonyl (C=O) groups is 3. The molecule has 0 atom stereocenters. The fraction of sp³-hybridized carbons (Fsp3) is 0.211. The number of likely N-dealkylation sites (N-methyl/N-ethyl adjacent to an activating group) is 1. The van der Waals surface area contributed by atoms with Crippen molar-refractivity contribution in [2.75, 3.05) is 36.1 Å². The van der Waals surface area contributed by atoms with Gasteiger partial charge in [-0.15, -0.1) is 11.8 Å². The molecular weight excluding hydrogens is 369 g/mol. The molecule has 3 rings (SSSR count). The number of benzene rings is 2. The second-order valence-corrected chi connectivity index (χ2v) is 7.06. The first-order valence-electron chi connectivity index (χ1n) is 8.25. The van der Waals surface area contributed by atoms with Crippen molar-refractivity contribution in [3.8, 4) is 0 Å². The largest absolute Gasteiger partial charge is 0.335 e. The highest BCUT2D eigenvalue weighted by Gasteiger charge is 2.27. The topological polar surface area (TPSA) is 69.7 Å². The quantitative estimate of drug-likeness (QED) is 0.855. The normalized spacial score (nSPS) is 13.1. The molecule has 1 aliphatic heterocycles. The van der Waals surface area contributed by atoms with Crippen molar-refractivity contribution in [3.63, 3.8) is 0 Å². The molecule has 0 unspecified atom stereocenters. The first kappa shape index (κ1) is 18.9. The number of para-hydroxylation sites is 1. The molecule has 0 saturated heterocycles. The number of hydrogen-bond donors (Lipinski definition) is 1. The molecule has 0 aromatic heterocycles. The number of amides is 3. The Kier molecular flexibility index (Phi) is 5.75. The minimum Gasteiger partial charge on any atom is -0.335 e. The third-order valence-electron chi connectivity index (χ3n) is 4.04. The molecule has 0 radical (unpaired) electrons. The molecule has 140 valence electrons. The van der Waals surface area contributed by atoms with Gasteiger partial charge in [0.15, 0.2) is 0 Å². The van der Waals surface area contributed by atoms with Crippen molar-refractivity contribution < 1.29 is 18.8 Å². The van der Waals surface area contributed by atoms with Gasteiger partial charge in [-0.1, -0.05) is 12.1 Å². The number of carbonyl (C=O) groups excluding carboxylic acids is 3. The van der Waals surface area contributed by atoms with Gasteiger partial charge in [-0.2, -0.15) is 0 Å². The van der Waals surface area contributed by atoms with Crippen LogP contribution < -0.4 is 10.2 Å². The van der Waals surface area contributed by atoms with Crippen LogP contribution in [0.5, 0.6) is 0 Å². The summed E-state index contributed by atoms with van der Waals surface area (Å²) in [4.78, 5) is 40.5. The zero-order valence-electron chi connectivity index (χ0n) is 14.6. The average molecular weight is 387 g/mol. The van der Waals surface area contributed by atoms with Crippen LogP contribution in [0.1, 0.15) is 0 Å². The lowest BCUT2D eigenvalue weighted by atomic mass is 10.2. The number of hydrogen-bond acceptors (Lipinski definition) is 4. The van der Waals surface area contributed by atoms with Crippen LogP contribution in [0.2, 0.25) is 0 Å². The molecule has 0 saturated carbocycles. The Bertz CT molecular complexity index is 873. The Morgan fingerprint density at radius 2 is 1.89 bits per heavy atom. The van der Waals surface area contributed by atoms with Crippen LogP contribution in [0.4, 0.5) is 15.8 Å². The number of thioether (sulfide) groups is 1. The summed E-state index contributed by atoms with van der Waals surface area (Å²) < 4.78 is 12.9. The van der Waals surface area contributed by atoms with E-state index in [2.05, 4.69) is 5.32 Å². The van der Waals surface area contributed by atoms with E-state index < -0.39 is 11.7 Å². The maximum absolute atomic E-state index is 12.9. The average Bonchev–Trinajstić information content (AvgIpc) is 2.65. The fourth-order valence-corrected chi connectivity index (χ4v) is 3.56. The number of fused-ring (bicyclic) bond motifs is 1. The van der Waals surface area contributed by atoms with E-state index in [9.17, 15) is 18.8 Å². The molecule has 8 heteroatoms. The van der Waals surface area contributed by atoms with Crippen LogP contribution in [0.3, 0.4) is 0 Å². The highest BCUT2D eigenvalue weighted by Crippen LogP contribution is 2.34. The Morgan fingerprint density at radius 1 is 1.19 bits per heavy atom. The van der Waals surface area contributed by atoms with Gasteiger partial charge in [-0.3, -0.25) is 14.4 Å². The van der Waals surface area contributed by atoms with Gasteiger partial charge < -0.3 is 15.1 Å². The molecule has 2 aromatic carbocycles. The van der Waals surface area contributed by atoms with E-state index >= 15 is 0 Å². The third kappa shape index (κ3) is 4.65.